The number of benzene rings is 3. The van der Waals surface area contributed by atoms with E-state index in [1.807, 2.05) is 0 Å². The van der Waals surface area contributed by atoms with Crippen LogP contribution in [0.1, 0.15) is 66.4 Å². The van der Waals surface area contributed by atoms with Crippen LogP contribution in [-0.2, 0) is 24.2 Å². The molecule has 0 saturated heterocycles. The summed E-state index contributed by atoms with van der Waals surface area (Å²) >= 11 is 1.54. The van der Waals surface area contributed by atoms with Crippen molar-refractivity contribution < 1.29 is 49.0 Å². The number of fused-ring (bicyclic) bond motifs is 3. The van der Waals surface area contributed by atoms with E-state index < -0.39 is 0 Å². The van der Waals surface area contributed by atoms with Gasteiger partial charge in [0.15, 0.2) is 0 Å². The first-order valence-electron chi connectivity index (χ1n) is 13.3. The Labute approximate surface area is 258 Å². The Hall–Kier alpha value is -1.66. The summed E-state index contributed by atoms with van der Waals surface area (Å²) in [6, 6.07) is 29.9. The van der Waals surface area contributed by atoms with E-state index in [1.54, 1.807) is 3.21 Å². The number of allylic oxidation sites excluding steroid dienone is 4. The number of halogens is 2. The molecule has 1 aliphatic rings. The summed E-state index contributed by atoms with van der Waals surface area (Å²) in [6.45, 7) is 13.5. The Kier molecular flexibility index (Phi) is 14.9. The molecule has 0 aliphatic heterocycles. The molecule has 1 aliphatic carbocycles. The van der Waals surface area contributed by atoms with Crippen LogP contribution in [0.3, 0.4) is 0 Å². The maximum atomic E-state index is 3.57. The minimum absolute atomic E-state index is 0. The van der Waals surface area contributed by atoms with E-state index in [4.69, 9.17) is 0 Å². The fourth-order valence-electron chi connectivity index (χ4n) is 4.61. The molecule has 4 aromatic carbocycles. The van der Waals surface area contributed by atoms with Gasteiger partial charge in [-0.2, -0.15) is 11.6 Å². The second-order valence-corrected chi connectivity index (χ2v) is 11.8. The van der Waals surface area contributed by atoms with Crippen LogP contribution in [0.15, 0.2) is 102 Å². The molecule has 4 aromatic rings. The molecule has 0 heterocycles. The number of hydrogen-bond donors (Lipinski definition) is 0. The van der Waals surface area contributed by atoms with Gasteiger partial charge < -0.3 is 24.8 Å². The summed E-state index contributed by atoms with van der Waals surface area (Å²) < 4.78 is 1.55. The van der Waals surface area contributed by atoms with Gasteiger partial charge >= 0.3 is 76.7 Å². The topological polar surface area (TPSA) is 0 Å². The van der Waals surface area contributed by atoms with Gasteiger partial charge in [-0.25, -0.2) is 5.57 Å². The van der Waals surface area contributed by atoms with Crippen LogP contribution in [0.5, 0.6) is 0 Å². The van der Waals surface area contributed by atoms with Crippen LogP contribution in [0.2, 0.25) is 0 Å². The van der Waals surface area contributed by atoms with E-state index in [0.717, 1.165) is 6.42 Å². The average molecular weight is 623 g/mol. The van der Waals surface area contributed by atoms with Crippen LogP contribution in [0.4, 0.5) is 0 Å². The van der Waals surface area contributed by atoms with Crippen molar-refractivity contribution >= 4 is 24.8 Å². The van der Waals surface area contributed by atoms with Crippen molar-refractivity contribution in [3.05, 3.63) is 114 Å². The van der Waals surface area contributed by atoms with E-state index in [-0.39, 0.29) is 24.8 Å². The second-order valence-electron chi connectivity index (χ2n) is 10.3. The van der Waals surface area contributed by atoms with E-state index >= 15 is 0 Å². The molecule has 0 N–H and O–H groups in total. The Balaban J connectivity index is 0.000000281. The molecule has 0 fully saturated rings. The average Bonchev–Trinajstić information content (AvgIpc) is 3.51. The maximum Gasteiger partial charge on any atom is -0.0771 e. The van der Waals surface area contributed by atoms with Crippen LogP contribution < -0.4 is 24.8 Å². The molecule has 0 saturated carbocycles. The summed E-state index contributed by atoms with van der Waals surface area (Å²) in [5, 5.41) is 5.39. The molecular formula is C35H40Cl2Zr-2. The summed E-state index contributed by atoms with van der Waals surface area (Å²) in [4.78, 5) is 0. The number of hydrogen-bond acceptors (Lipinski definition) is 0. The van der Waals surface area contributed by atoms with Gasteiger partial charge in [-0.1, -0.05) is 95.2 Å². The Morgan fingerprint density at radius 1 is 0.789 bits per heavy atom. The zero-order valence-electron chi connectivity index (χ0n) is 23.6. The SMILES string of the molecule is CCC1=[C-]C(CC)C=C1C(C)(C)C.CC[C](=[Zr+2])c1ccccc1.[Cl-].[Cl-].c1ccc2c(c1)[cH-]c1ccccc12. The van der Waals surface area contributed by atoms with Crippen LogP contribution in [0.25, 0.3) is 21.5 Å². The summed E-state index contributed by atoms with van der Waals surface area (Å²) in [5.74, 6) is 0.573. The molecule has 0 nitrogen and oxygen atoms in total. The van der Waals surface area contributed by atoms with Crippen molar-refractivity contribution in [2.75, 3.05) is 0 Å². The Bertz CT molecular complexity index is 1290. The van der Waals surface area contributed by atoms with Crippen molar-refractivity contribution in [2.24, 2.45) is 11.3 Å². The van der Waals surface area contributed by atoms with E-state index in [0.29, 0.717) is 11.3 Å². The molecule has 1 unspecified atom stereocenters. The summed E-state index contributed by atoms with van der Waals surface area (Å²) in [6.07, 6.45) is 9.46. The number of rotatable bonds is 4. The van der Waals surface area contributed by atoms with Crippen molar-refractivity contribution in [2.45, 2.75) is 60.8 Å². The van der Waals surface area contributed by atoms with Gasteiger partial charge in [0.2, 0.25) is 0 Å². The van der Waals surface area contributed by atoms with E-state index in [2.05, 4.69) is 139 Å². The van der Waals surface area contributed by atoms with Crippen molar-refractivity contribution in [1.29, 1.82) is 0 Å². The first-order valence-corrected chi connectivity index (χ1v) is 14.5. The molecule has 0 radical (unpaired) electrons. The molecule has 0 bridgehead atoms. The Morgan fingerprint density at radius 2 is 1.29 bits per heavy atom. The third-order valence-corrected chi connectivity index (χ3v) is 8.23. The minimum atomic E-state index is 0. The molecule has 5 rings (SSSR count). The fraction of sp³-hybridized carbons (Fsp3) is 0.314. The summed E-state index contributed by atoms with van der Waals surface area (Å²) in [7, 11) is 0. The van der Waals surface area contributed by atoms with Crippen molar-refractivity contribution in [3.8, 4) is 0 Å². The van der Waals surface area contributed by atoms with Gasteiger partial charge in [0.1, 0.15) is 0 Å². The zero-order chi connectivity index (χ0) is 26.1. The fourth-order valence-corrected chi connectivity index (χ4v) is 5.02. The maximum absolute atomic E-state index is 3.57. The normalized spacial score (nSPS) is 14.2. The third-order valence-electron chi connectivity index (χ3n) is 6.65. The largest absolute Gasteiger partial charge is 1.00 e. The van der Waals surface area contributed by atoms with Crippen molar-refractivity contribution in [1.82, 2.24) is 0 Å². The van der Waals surface area contributed by atoms with Crippen LogP contribution in [0, 0.1) is 17.4 Å². The van der Waals surface area contributed by atoms with E-state index in [1.165, 1.54) is 75.3 Å². The first kappa shape index (κ1) is 34.4. The summed E-state index contributed by atoms with van der Waals surface area (Å²) in [5.41, 5.74) is 4.66. The molecule has 38 heavy (non-hydrogen) atoms. The monoisotopic (exact) mass is 620 g/mol. The molecular weight excluding hydrogens is 583 g/mol. The first-order chi connectivity index (χ1) is 17.3. The second kappa shape index (κ2) is 16.4. The third kappa shape index (κ3) is 9.22. The predicted octanol–water partition coefficient (Wildman–Crippen LogP) is 4.02. The predicted molar refractivity (Wildman–Crippen MR) is 156 cm³/mol. The van der Waals surface area contributed by atoms with Gasteiger partial charge in [-0.3, -0.25) is 6.08 Å². The molecule has 0 spiro atoms. The van der Waals surface area contributed by atoms with Gasteiger partial charge in [-0.15, -0.1) is 39.7 Å². The standard InChI is InChI=1S/C13H9.C13H21.C9H10.2ClH.Zr/c1-3-7-12-10(5-1)9-11-6-2-4-8-13(11)12;1-6-10-8-11(7-2)12(9-10)13(3,4)5;1-2-6-9-7-4-3-5-8-9;;;/h1-9H;9-10H,6-7H2,1-5H3;3-5,7-8H,2H2,1H3;2*1H;/q2*-1;;;;+2/p-2. The smallest absolute Gasteiger partial charge is 0.0771 e. The van der Waals surface area contributed by atoms with Gasteiger partial charge in [0.25, 0.3) is 0 Å². The van der Waals surface area contributed by atoms with Gasteiger partial charge in [-0.05, 0) is 0 Å². The Morgan fingerprint density at radius 3 is 1.71 bits per heavy atom. The molecule has 1 atom stereocenters. The zero-order valence-corrected chi connectivity index (χ0v) is 27.6. The minimum Gasteiger partial charge on any atom is -1.00 e. The molecule has 200 valence electrons. The molecule has 0 amide bonds. The molecule has 0 aromatic heterocycles. The van der Waals surface area contributed by atoms with Gasteiger partial charge in [0, 0.05) is 0 Å². The van der Waals surface area contributed by atoms with Crippen molar-refractivity contribution in [3.63, 3.8) is 0 Å². The van der Waals surface area contributed by atoms with Crippen LogP contribution >= 0.6 is 0 Å². The van der Waals surface area contributed by atoms with E-state index in [9.17, 15) is 0 Å². The van der Waals surface area contributed by atoms with Crippen LogP contribution in [-0.4, -0.2) is 3.21 Å². The van der Waals surface area contributed by atoms with Gasteiger partial charge in [0.05, 0.1) is 0 Å². The quantitative estimate of drug-likeness (QED) is 0.302. The molecule has 3 heteroatoms.